The molecule has 0 saturated heterocycles. The molecule has 0 radical (unpaired) electrons. The lowest BCUT2D eigenvalue weighted by Crippen LogP contribution is -2.45. The first kappa shape index (κ1) is 43.6. The summed E-state index contributed by atoms with van der Waals surface area (Å²) in [7, 11) is 0. The van der Waals surface area contributed by atoms with E-state index in [-0.39, 0.29) is 35.1 Å². The molecule has 1 aromatic heterocycles. The molecule has 0 unspecified atom stereocenters. The Morgan fingerprint density at radius 1 is 0.779 bits per heavy atom. The molecule has 5 aliphatic heterocycles. The number of ether oxygens (including phenoxy) is 1. The normalized spacial score (nSPS) is 15.5. The van der Waals surface area contributed by atoms with Gasteiger partial charge in [0.05, 0.1) is 23.5 Å². The largest absolute Gasteiger partial charge is 0.545 e. The Morgan fingerprint density at radius 3 is 2.29 bits per heavy atom. The predicted molar refractivity (Wildman–Crippen MR) is 259 cm³/mol. The number of amides is 2. The molecular weight excluding hydrogens is 878 g/mol. The number of phenolic OH excluding ortho intramolecular Hbond substituents is 1. The lowest BCUT2D eigenvalue weighted by Gasteiger charge is -2.39. The van der Waals surface area contributed by atoms with Crippen LogP contribution in [-0.4, -0.2) is 72.6 Å². The molecule has 2 amide bonds. The molecule has 13 heteroatoms. The lowest BCUT2D eigenvalue weighted by molar-refractivity contribution is -0.255. The van der Waals surface area contributed by atoms with Crippen molar-refractivity contribution in [3.63, 3.8) is 0 Å². The fraction of sp³-hybridized carbons (Fsp3) is 0.327. The molecule has 68 heavy (non-hydrogen) atoms. The second kappa shape index (κ2) is 17.6. The number of carboxylic acid groups (broad SMARTS) is 1. The van der Waals surface area contributed by atoms with Gasteiger partial charge in [0.15, 0.2) is 0 Å². The highest BCUT2D eigenvalue weighted by atomic mass is 35.5. The number of hydrogen-bond acceptors (Lipinski definition) is 8. The summed E-state index contributed by atoms with van der Waals surface area (Å²) >= 11 is 6.06. The number of aromatic hydroxyl groups is 1. The molecule has 5 aliphatic rings. The van der Waals surface area contributed by atoms with E-state index < -0.39 is 11.9 Å². The summed E-state index contributed by atoms with van der Waals surface area (Å²) in [6.07, 6.45) is 8.97. The third kappa shape index (κ3) is 7.59. The molecule has 6 heterocycles. The van der Waals surface area contributed by atoms with Crippen molar-refractivity contribution in [1.82, 2.24) is 19.8 Å². The Bertz CT molecular complexity index is 3280. The average molecular weight is 931 g/mol. The molecule has 6 aromatic rings. The Labute approximate surface area is 398 Å². The van der Waals surface area contributed by atoms with Crippen LogP contribution in [0, 0.1) is 6.92 Å². The maximum absolute atomic E-state index is 13.6. The van der Waals surface area contributed by atoms with Gasteiger partial charge < -0.3 is 35.3 Å². The molecule has 3 N–H and O–H groups in total. The van der Waals surface area contributed by atoms with Crippen molar-refractivity contribution in [2.45, 2.75) is 77.6 Å². The number of anilines is 1. The van der Waals surface area contributed by atoms with Crippen LogP contribution in [0.5, 0.6) is 17.2 Å². The summed E-state index contributed by atoms with van der Waals surface area (Å²) in [4.78, 5) is 56.3. The summed E-state index contributed by atoms with van der Waals surface area (Å²) in [5.74, 6) is -0.597. The van der Waals surface area contributed by atoms with E-state index in [0.717, 1.165) is 105 Å². The van der Waals surface area contributed by atoms with E-state index in [0.29, 0.717) is 64.2 Å². The number of fused-ring (bicyclic) bond motifs is 5. The fourth-order valence-corrected chi connectivity index (χ4v) is 11.7. The van der Waals surface area contributed by atoms with Crippen molar-refractivity contribution in [3.05, 3.63) is 150 Å². The number of aromatic nitrogens is 1. The fourth-order valence-electron chi connectivity index (χ4n) is 11.6. The first-order chi connectivity index (χ1) is 33.0. The van der Waals surface area contributed by atoms with Crippen molar-refractivity contribution < 1.29 is 34.1 Å². The van der Waals surface area contributed by atoms with Crippen LogP contribution >= 0.6 is 11.6 Å². The van der Waals surface area contributed by atoms with Crippen LogP contribution < -0.4 is 40.5 Å². The van der Waals surface area contributed by atoms with Crippen LogP contribution in [0.4, 0.5) is 5.69 Å². The Kier molecular flexibility index (Phi) is 11.3. The number of aromatic carboxylic acids is 1. The Balaban J connectivity index is 0.812. The Hall–Kier alpha value is -6.92. The molecule has 5 aromatic carbocycles. The number of nitrogens with one attached hydrogen (secondary N) is 2. The van der Waals surface area contributed by atoms with Gasteiger partial charge in [-0.05, 0) is 142 Å². The topological polar surface area (TPSA) is 156 Å². The van der Waals surface area contributed by atoms with E-state index in [1.54, 1.807) is 60.0 Å². The maximum atomic E-state index is 13.6. The molecule has 346 valence electrons. The number of carboxylic acids is 1. The quantitative estimate of drug-likeness (QED) is 0.111. The first-order valence-electron chi connectivity index (χ1n) is 24.0. The second-order valence-electron chi connectivity index (χ2n) is 18.8. The molecule has 0 bridgehead atoms. The molecule has 0 aliphatic carbocycles. The summed E-state index contributed by atoms with van der Waals surface area (Å²) in [5.41, 5.74) is 10.9. The average Bonchev–Trinajstić information content (AvgIpc) is 3.61. The standard InChI is InChI=1S/C55H52ClN5O7/c1-31-41(42-29-37(62)17-19-46(42)61(31)54(65)32-12-15-36(56)16-13-32)30-47(63)57-20-2-3-21-58-53(64)35-14-18-38(43(28-35)55(66)67)48-44-26-33-8-4-22-59-24-6-10-39(49(33)59)51(44)68-52-40-11-7-25-60-23-5-9-34(50(40)60)27-45(48)52/h12-19,26-29H,2-11,20-25,30H2,1H3,(H3-,57,58,62,63,64,66,67). The van der Waals surface area contributed by atoms with Crippen LogP contribution in [0.2, 0.25) is 5.02 Å². The molecule has 0 atom stereocenters. The van der Waals surface area contributed by atoms with Crippen LogP contribution in [0.25, 0.3) is 16.5 Å². The van der Waals surface area contributed by atoms with Crippen molar-refractivity contribution in [2.75, 3.05) is 44.2 Å². The van der Waals surface area contributed by atoms with E-state index in [9.17, 15) is 29.4 Å². The number of carbonyl (C=O) groups is 4. The molecule has 0 spiro atoms. The Morgan fingerprint density at radius 2 is 1.50 bits per heavy atom. The zero-order valence-corrected chi connectivity index (χ0v) is 38.8. The smallest absolute Gasteiger partial charge is 0.262 e. The van der Waals surface area contributed by atoms with Gasteiger partial charge in [0.25, 0.3) is 11.8 Å². The number of nitrogens with zero attached hydrogens (tertiary/aromatic N) is 3. The minimum atomic E-state index is -1.35. The lowest BCUT2D eigenvalue weighted by atomic mass is 9.81. The van der Waals surface area contributed by atoms with E-state index in [4.69, 9.17) is 16.3 Å². The number of benzene rings is 5. The number of hydrogen-bond donors (Lipinski definition) is 3. The van der Waals surface area contributed by atoms with Gasteiger partial charge in [-0.3, -0.25) is 19.0 Å². The van der Waals surface area contributed by atoms with Crippen molar-refractivity contribution in [2.24, 2.45) is 0 Å². The molecule has 0 saturated carbocycles. The van der Waals surface area contributed by atoms with Gasteiger partial charge >= 0.3 is 0 Å². The number of phenols is 1. The van der Waals surface area contributed by atoms with Crippen LogP contribution in [0.1, 0.15) is 114 Å². The van der Waals surface area contributed by atoms with E-state index >= 15 is 0 Å². The number of carbonyl (C=O) groups excluding carboxylic acids is 4. The van der Waals surface area contributed by atoms with Gasteiger partial charge in [-0.15, -0.1) is 0 Å². The molecular formula is C55H52ClN5O7. The van der Waals surface area contributed by atoms with Crippen molar-refractivity contribution in [1.29, 1.82) is 0 Å². The highest BCUT2D eigenvalue weighted by Gasteiger charge is 2.36. The predicted octanol–water partition coefficient (Wildman–Crippen LogP) is 5.66. The third-order valence-corrected chi connectivity index (χ3v) is 14.9. The summed E-state index contributed by atoms with van der Waals surface area (Å²) in [5, 5.41) is 32.7. The SMILES string of the molecule is Cc1c(CC(=O)NCCCCNC(=O)c2ccc(C3=c4cc5c6c(c4Oc4c3cc3c7c4CCCN7CCC3)CCC[N+]=6CCC5)c(C(=O)[O-])c2)c2cc(O)ccc2n1C(=O)c1ccc(Cl)cc1. The minimum Gasteiger partial charge on any atom is -0.545 e. The molecule has 12 nitrogen and oxygen atoms in total. The highest BCUT2D eigenvalue weighted by Crippen LogP contribution is 2.49. The van der Waals surface area contributed by atoms with Gasteiger partial charge in [0.2, 0.25) is 11.3 Å². The second-order valence-corrected chi connectivity index (χ2v) is 19.2. The number of halogens is 1. The third-order valence-electron chi connectivity index (χ3n) is 14.6. The highest BCUT2D eigenvalue weighted by molar-refractivity contribution is 6.30. The number of unbranched alkanes of at least 4 members (excludes halogenated alkanes) is 1. The maximum Gasteiger partial charge on any atom is 0.262 e. The monoisotopic (exact) mass is 929 g/mol. The van der Waals surface area contributed by atoms with Crippen molar-refractivity contribution >= 4 is 57.5 Å². The van der Waals surface area contributed by atoms with E-state index in [1.807, 2.05) is 0 Å². The van der Waals surface area contributed by atoms with E-state index in [2.05, 4.69) is 32.2 Å². The number of aryl methyl sites for hydroxylation is 2. The van der Waals surface area contributed by atoms with Gasteiger partial charge in [-0.25, -0.2) is 4.58 Å². The van der Waals surface area contributed by atoms with Crippen LogP contribution in [0.15, 0.2) is 72.8 Å². The van der Waals surface area contributed by atoms with Crippen molar-refractivity contribution in [3.8, 4) is 17.2 Å². The van der Waals surface area contributed by atoms with Gasteiger partial charge in [0.1, 0.15) is 30.3 Å². The zero-order chi connectivity index (χ0) is 46.8. The summed E-state index contributed by atoms with van der Waals surface area (Å²) in [6.45, 7) is 6.52. The molecule has 11 rings (SSSR count). The van der Waals surface area contributed by atoms with Gasteiger partial charge in [-0.2, -0.15) is 0 Å². The van der Waals surface area contributed by atoms with E-state index in [1.165, 1.54) is 45.4 Å². The van der Waals surface area contributed by atoms with Crippen LogP contribution in [-0.2, 0) is 36.9 Å². The summed E-state index contributed by atoms with van der Waals surface area (Å²) in [6, 6.07) is 20.7. The minimum absolute atomic E-state index is 0.00650. The van der Waals surface area contributed by atoms with Gasteiger partial charge in [-0.1, -0.05) is 17.7 Å². The zero-order valence-electron chi connectivity index (χ0n) is 38.1. The summed E-state index contributed by atoms with van der Waals surface area (Å²) < 4.78 is 11.2. The number of rotatable bonds is 11. The van der Waals surface area contributed by atoms with Gasteiger partial charge in [0, 0.05) is 105 Å². The first-order valence-corrected chi connectivity index (χ1v) is 24.4. The molecule has 0 fully saturated rings. The van der Waals surface area contributed by atoms with Crippen LogP contribution in [0.3, 0.4) is 0 Å².